The molecule has 0 spiro atoms. The number of likely N-dealkylation sites (tertiary alicyclic amines) is 1. The molecule has 2 atom stereocenters. The van der Waals surface area contributed by atoms with Gasteiger partial charge >= 0.3 is 0 Å². The van der Waals surface area contributed by atoms with Crippen molar-refractivity contribution >= 4 is 5.91 Å². The Morgan fingerprint density at radius 1 is 1.19 bits per heavy atom. The number of aromatic nitrogens is 4. The van der Waals surface area contributed by atoms with Gasteiger partial charge in [-0.05, 0) is 45.4 Å². The second-order valence-corrected chi connectivity index (χ2v) is 7.83. The summed E-state index contributed by atoms with van der Waals surface area (Å²) in [5, 5.41) is 0. The van der Waals surface area contributed by atoms with Gasteiger partial charge in [0.25, 0.3) is 11.5 Å². The lowest BCUT2D eigenvalue weighted by molar-refractivity contribution is 0.0536. The quantitative estimate of drug-likeness (QED) is 0.863. The van der Waals surface area contributed by atoms with Gasteiger partial charge in [-0.15, -0.1) is 0 Å². The summed E-state index contributed by atoms with van der Waals surface area (Å²) < 4.78 is 0. The Morgan fingerprint density at radius 2 is 2.04 bits per heavy atom. The molecule has 7 heteroatoms. The molecule has 1 amide bonds. The number of amides is 1. The predicted octanol–water partition coefficient (Wildman–Crippen LogP) is 2.01. The van der Waals surface area contributed by atoms with E-state index in [9.17, 15) is 9.59 Å². The summed E-state index contributed by atoms with van der Waals surface area (Å²) in [4.78, 5) is 42.5. The summed E-state index contributed by atoms with van der Waals surface area (Å²) in [7, 11) is 0. The van der Waals surface area contributed by atoms with Crippen molar-refractivity contribution in [1.82, 2.24) is 24.8 Å². The number of imidazole rings is 1. The Hall–Kier alpha value is -2.44. The van der Waals surface area contributed by atoms with Gasteiger partial charge in [0, 0.05) is 36.2 Å². The average Bonchev–Trinajstić information content (AvgIpc) is 3.41. The molecule has 2 aliphatic carbocycles. The minimum Gasteiger partial charge on any atom is -0.346 e. The van der Waals surface area contributed by atoms with Crippen LogP contribution in [0.4, 0.5) is 0 Å². The van der Waals surface area contributed by atoms with Crippen LogP contribution in [-0.4, -0.2) is 43.3 Å². The standard InChI is InChI=1S/C19H23N5O2/c1-10-20-13-6-7-15-12(17(13)21-10)3-2-8-24(15)19(26)14-9-16(25)23-18(22-14)11-4-5-11/h9,11-12,15H,2-8H2,1H3,(H,20,21)(H,22,23,25)/t12-,15-/m1/s1. The second kappa shape index (κ2) is 5.79. The number of nitrogens with zero attached hydrogens (tertiary/aromatic N) is 3. The van der Waals surface area contributed by atoms with Crippen LogP contribution in [-0.2, 0) is 6.42 Å². The highest BCUT2D eigenvalue weighted by Gasteiger charge is 2.41. The van der Waals surface area contributed by atoms with Crippen molar-refractivity contribution in [3.8, 4) is 0 Å². The summed E-state index contributed by atoms with van der Waals surface area (Å²) in [6.07, 6.45) is 5.94. The summed E-state index contributed by atoms with van der Waals surface area (Å²) in [6, 6.07) is 1.50. The van der Waals surface area contributed by atoms with Gasteiger partial charge < -0.3 is 14.9 Å². The van der Waals surface area contributed by atoms with Gasteiger partial charge in [0.2, 0.25) is 0 Å². The van der Waals surface area contributed by atoms with Crippen LogP contribution in [0.25, 0.3) is 0 Å². The van der Waals surface area contributed by atoms with Crippen LogP contribution < -0.4 is 5.56 Å². The van der Waals surface area contributed by atoms with E-state index in [1.807, 2.05) is 11.8 Å². The van der Waals surface area contributed by atoms with Crippen LogP contribution in [0.1, 0.15) is 77.5 Å². The zero-order chi connectivity index (χ0) is 17.8. The Labute approximate surface area is 151 Å². The van der Waals surface area contributed by atoms with Crippen LogP contribution >= 0.6 is 0 Å². The lowest BCUT2D eigenvalue weighted by atomic mass is 9.78. The maximum atomic E-state index is 13.2. The number of carbonyl (C=O) groups is 1. The van der Waals surface area contributed by atoms with E-state index in [1.54, 1.807) is 0 Å². The fourth-order valence-corrected chi connectivity index (χ4v) is 4.62. The molecule has 136 valence electrons. The van der Waals surface area contributed by atoms with E-state index in [0.29, 0.717) is 17.4 Å². The third-order valence-corrected chi connectivity index (χ3v) is 5.95. The van der Waals surface area contributed by atoms with Gasteiger partial charge in [0.1, 0.15) is 17.3 Å². The van der Waals surface area contributed by atoms with Gasteiger partial charge in [0.05, 0.1) is 5.69 Å². The summed E-state index contributed by atoms with van der Waals surface area (Å²) in [6.45, 7) is 2.71. The monoisotopic (exact) mass is 353 g/mol. The maximum absolute atomic E-state index is 13.2. The highest BCUT2D eigenvalue weighted by molar-refractivity contribution is 5.92. The smallest absolute Gasteiger partial charge is 0.273 e. The van der Waals surface area contributed by atoms with E-state index in [4.69, 9.17) is 4.98 Å². The molecule has 7 nitrogen and oxygen atoms in total. The van der Waals surface area contributed by atoms with E-state index >= 15 is 0 Å². The number of fused-ring (bicyclic) bond motifs is 3. The second-order valence-electron chi connectivity index (χ2n) is 7.83. The van der Waals surface area contributed by atoms with Crippen LogP contribution in [0.15, 0.2) is 10.9 Å². The molecule has 0 unspecified atom stereocenters. The molecule has 1 aliphatic heterocycles. The maximum Gasteiger partial charge on any atom is 0.273 e. The number of H-pyrrole nitrogens is 2. The summed E-state index contributed by atoms with van der Waals surface area (Å²) in [5.41, 5.74) is 2.42. The lowest BCUT2D eigenvalue weighted by Crippen LogP contribution is -2.49. The predicted molar refractivity (Wildman–Crippen MR) is 95.3 cm³/mol. The molecule has 2 N–H and O–H groups in total. The summed E-state index contributed by atoms with van der Waals surface area (Å²) in [5.74, 6) is 2.11. The summed E-state index contributed by atoms with van der Waals surface area (Å²) >= 11 is 0. The molecular formula is C19H23N5O2. The number of carbonyl (C=O) groups excluding carboxylic acids is 1. The molecule has 5 rings (SSSR count). The number of aromatic amines is 2. The molecule has 26 heavy (non-hydrogen) atoms. The number of nitrogens with one attached hydrogen (secondary N) is 2. The zero-order valence-corrected chi connectivity index (χ0v) is 14.9. The first-order valence-corrected chi connectivity index (χ1v) is 9.58. The topological polar surface area (TPSA) is 94.7 Å². The minimum absolute atomic E-state index is 0.108. The number of hydrogen-bond acceptors (Lipinski definition) is 4. The number of piperidine rings is 1. The molecule has 1 saturated heterocycles. The first-order chi connectivity index (χ1) is 12.6. The van der Waals surface area contributed by atoms with E-state index < -0.39 is 0 Å². The first-order valence-electron chi connectivity index (χ1n) is 9.58. The van der Waals surface area contributed by atoms with Crippen molar-refractivity contribution in [3.05, 3.63) is 45.2 Å². The molecule has 0 bridgehead atoms. The van der Waals surface area contributed by atoms with E-state index in [1.165, 1.54) is 11.8 Å². The fraction of sp³-hybridized carbons (Fsp3) is 0.579. The molecule has 3 aliphatic rings. The molecule has 1 saturated carbocycles. The molecule has 0 aromatic carbocycles. The van der Waals surface area contributed by atoms with Crippen molar-refractivity contribution in [2.45, 2.75) is 63.3 Å². The third kappa shape index (κ3) is 2.57. The Balaban J connectivity index is 1.46. The van der Waals surface area contributed by atoms with Crippen molar-refractivity contribution in [2.75, 3.05) is 6.54 Å². The van der Waals surface area contributed by atoms with E-state index in [2.05, 4.69) is 15.0 Å². The number of rotatable bonds is 2. The molecular weight excluding hydrogens is 330 g/mol. The third-order valence-electron chi connectivity index (χ3n) is 5.95. The van der Waals surface area contributed by atoms with Gasteiger partial charge in [0.15, 0.2) is 0 Å². The molecule has 2 aromatic heterocycles. The first kappa shape index (κ1) is 15.8. The average molecular weight is 353 g/mol. The van der Waals surface area contributed by atoms with Crippen molar-refractivity contribution < 1.29 is 4.79 Å². The Bertz CT molecular complexity index is 926. The molecule has 2 aromatic rings. The highest BCUT2D eigenvalue weighted by atomic mass is 16.2. The van der Waals surface area contributed by atoms with Crippen LogP contribution in [0.2, 0.25) is 0 Å². The highest BCUT2D eigenvalue weighted by Crippen LogP contribution is 2.40. The Morgan fingerprint density at radius 3 is 2.85 bits per heavy atom. The van der Waals surface area contributed by atoms with Gasteiger partial charge in [-0.2, -0.15) is 0 Å². The van der Waals surface area contributed by atoms with Gasteiger partial charge in [-0.3, -0.25) is 9.59 Å². The zero-order valence-electron chi connectivity index (χ0n) is 14.9. The van der Waals surface area contributed by atoms with Gasteiger partial charge in [-0.1, -0.05) is 0 Å². The molecule has 3 heterocycles. The minimum atomic E-state index is -0.229. The molecule has 2 fully saturated rings. The van der Waals surface area contributed by atoms with Crippen molar-refractivity contribution in [2.24, 2.45) is 0 Å². The Kier molecular flexibility index (Phi) is 3.52. The van der Waals surface area contributed by atoms with Crippen LogP contribution in [0.3, 0.4) is 0 Å². The van der Waals surface area contributed by atoms with Crippen LogP contribution in [0.5, 0.6) is 0 Å². The largest absolute Gasteiger partial charge is 0.346 e. The van der Waals surface area contributed by atoms with Gasteiger partial charge in [-0.25, -0.2) is 9.97 Å². The van der Waals surface area contributed by atoms with E-state index in [0.717, 1.165) is 56.6 Å². The van der Waals surface area contributed by atoms with E-state index in [-0.39, 0.29) is 23.4 Å². The lowest BCUT2D eigenvalue weighted by Gasteiger charge is -2.43. The SMILES string of the molecule is Cc1nc2c([nH]1)CC[C@@H]1[C@H]2CCCN1C(=O)c1cc(=O)[nH]c(C2CC2)n1. The fourth-order valence-electron chi connectivity index (χ4n) is 4.62. The van der Waals surface area contributed by atoms with Crippen molar-refractivity contribution in [3.63, 3.8) is 0 Å². The van der Waals surface area contributed by atoms with Crippen LogP contribution in [0, 0.1) is 6.92 Å². The molecule has 0 radical (unpaired) electrons. The van der Waals surface area contributed by atoms with Crippen molar-refractivity contribution in [1.29, 1.82) is 0 Å². The number of aryl methyl sites for hydroxylation is 2. The normalized spacial score (nSPS) is 24.9. The number of hydrogen-bond donors (Lipinski definition) is 2.